The number of aliphatic hydroxyl groups is 1. The summed E-state index contributed by atoms with van der Waals surface area (Å²) in [5.41, 5.74) is -3.15. The Balaban J connectivity index is 1.49. The normalized spacial score (nSPS) is 24.0. The summed E-state index contributed by atoms with van der Waals surface area (Å²) < 4.78 is 46.3. The van der Waals surface area contributed by atoms with Gasteiger partial charge < -0.3 is 19.5 Å². The molecule has 43 heavy (non-hydrogen) atoms. The fraction of sp³-hybridized carbons (Fsp3) is 0.286. The molecule has 0 amide bonds. The number of hydrogen-bond acceptors (Lipinski definition) is 9. The van der Waals surface area contributed by atoms with Crippen LogP contribution in [0.2, 0.25) is 0 Å². The van der Waals surface area contributed by atoms with Crippen molar-refractivity contribution in [2.45, 2.75) is 44.0 Å². The first kappa shape index (κ1) is 31.7. The third-order valence-corrected chi connectivity index (χ3v) is 8.19. The smallest absolute Gasteiger partial charge is 0.459 e. The van der Waals surface area contributed by atoms with Crippen molar-refractivity contribution in [1.29, 1.82) is 0 Å². The molecule has 1 unspecified atom stereocenters. The number of ether oxygens (including phenoxy) is 1. The minimum atomic E-state index is -4.53. The lowest BCUT2D eigenvalue weighted by Crippen LogP contribution is -2.43. The number of aromatic amines is 1. The van der Waals surface area contributed by atoms with Gasteiger partial charge in [-0.25, -0.2) is 13.8 Å². The molecule has 1 aromatic heterocycles. The second kappa shape index (κ2) is 13.0. The molecule has 2 heterocycles. The summed E-state index contributed by atoms with van der Waals surface area (Å²) in [5, 5.41) is 22.2. The van der Waals surface area contributed by atoms with Crippen LogP contribution in [0.4, 0.5) is 4.39 Å². The standard InChI is InChI=1S/C28H29FN3O10P/c1-17(25(36)37)31-43(39,42-20-11-9-19(10-12-20)21(33)13-8-18-6-4-3-5-7-18)40-16-22-24(35)28(2,29)26(41-22)32-15-14-23(34)30-27(32)38/h3-15,17,22,24,26,35H,16H2,1-2H3,(H,31,39)(H,36,37)(H,30,34,38)/t17-,22+,24+,26+,28+,43?/m0/s1. The Kier molecular flexibility index (Phi) is 9.58. The highest BCUT2D eigenvalue weighted by Crippen LogP contribution is 2.47. The Bertz CT molecular complexity index is 1660. The van der Waals surface area contributed by atoms with Gasteiger partial charge in [0.25, 0.3) is 5.56 Å². The lowest BCUT2D eigenvalue weighted by atomic mass is 9.98. The molecule has 4 rings (SSSR count). The topological polar surface area (TPSA) is 186 Å². The Hall–Kier alpha value is -4.20. The first-order valence-electron chi connectivity index (χ1n) is 13.0. The van der Waals surface area contributed by atoms with Gasteiger partial charge in [-0.05, 0) is 49.8 Å². The van der Waals surface area contributed by atoms with E-state index in [0.29, 0.717) is 0 Å². The van der Waals surface area contributed by atoms with Crippen LogP contribution < -0.4 is 20.9 Å². The number of allylic oxidation sites excluding steroid dienone is 1. The van der Waals surface area contributed by atoms with Gasteiger partial charge in [0.1, 0.15) is 24.0 Å². The number of carboxylic acid groups (broad SMARTS) is 1. The zero-order chi connectivity index (χ0) is 31.4. The maximum Gasteiger partial charge on any atom is 0.459 e. The summed E-state index contributed by atoms with van der Waals surface area (Å²) in [7, 11) is -4.53. The molecule has 1 fully saturated rings. The van der Waals surface area contributed by atoms with Crippen LogP contribution in [0.1, 0.15) is 36.0 Å². The van der Waals surface area contributed by atoms with Crippen molar-refractivity contribution in [3.63, 3.8) is 0 Å². The summed E-state index contributed by atoms with van der Waals surface area (Å²) in [5.74, 6) is -1.76. The average Bonchev–Trinajstić information content (AvgIpc) is 3.19. The number of halogens is 1. The van der Waals surface area contributed by atoms with Crippen LogP contribution in [0.3, 0.4) is 0 Å². The summed E-state index contributed by atoms with van der Waals surface area (Å²) in [6.45, 7) is 1.39. The molecule has 1 aliphatic rings. The van der Waals surface area contributed by atoms with Crippen molar-refractivity contribution < 1.29 is 42.5 Å². The Morgan fingerprint density at radius 3 is 2.49 bits per heavy atom. The summed E-state index contributed by atoms with van der Waals surface area (Å²) in [4.78, 5) is 49.5. The minimum absolute atomic E-state index is 0.0575. The third-order valence-electron chi connectivity index (χ3n) is 6.54. The summed E-state index contributed by atoms with van der Waals surface area (Å²) >= 11 is 0. The largest absolute Gasteiger partial charge is 0.480 e. The fourth-order valence-electron chi connectivity index (χ4n) is 4.17. The number of carboxylic acids is 1. The van der Waals surface area contributed by atoms with Crippen molar-refractivity contribution >= 4 is 25.6 Å². The van der Waals surface area contributed by atoms with E-state index in [4.69, 9.17) is 13.8 Å². The van der Waals surface area contributed by atoms with E-state index in [1.807, 2.05) is 35.3 Å². The Morgan fingerprint density at radius 2 is 1.86 bits per heavy atom. The van der Waals surface area contributed by atoms with Gasteiger partial charge >= 0.3 is 19.4 Å². The molecule has 0 bridgehead atoms. The molecule has 1 aliphatic heterocycles. The first-order valence-corrected chi connectivity index (χ1v) is 14.5. The molecule has 3 aromatic rings. The Morgan fingerprint density at radius 1 is 1.19 bits per heavy atom. The first-order chi connectivity index (χ1) is 20.3. The number of aliphatic carboxylic acids is 1. The maximum atomic E-state index is 15.5. The van der Waals surface area contributed by atoms with Gasteiger partial charge in [-0.1, -0.05) is 36.4 Å². The number of aromatic nitrogens is 2. The molecular weight excluding hydrogens is 588 g/mol. The van der Waals surface area contributed by atoms with Gasteiger partial charge in [0.05, 0.1) is 6.61 Å². The lowest BCUT2D eigenvalue weighted by Gasteiger charge is -2.25. The van der Waals surface area contributed by atoms with Crippen LogP contribution in [-0.4, -0.2) is 62.0 Å². The molecule has 2 aromatic carbocycles. The SMILES string of the molecule is C[C@H](NP(=O)(OC[C@H]1O[C@@H](n2ccc(=O)[nH]c2=O)[C@](C)(F)[C@@H]1O)Oc1ccc(C(=O)C=Cc2ccccc2)cc1)C(=O)O. The molecule has 0 spiro atoms. The fourth-order valence-corrected chi connectivity index (χ4v) is 5.67. The van der Waals surface area contributed by atoms with E-state index in [1.165, 1.54) is 37.3 Å². The van der Waals surface area contributed by atoms with Crippen LogP contribution in [0, 0.1) is 0 Å². The molecule has 4 N–H and O–H groups in total. The number of carbonyl (C=O) groups is 2. The van der Waals surface area contributed by atoms with Crippen molar-refractivity contribution in [3.8, 4) is 5.75 Å². The van der Waals surface area contributed by atoms with Gasteiger partial charge in [0.2, 0.25) is 0 Å². The number of ketones is 1. The van der Waals surface area contributed by atoms with Crippen LogP contribution >= 0.6 is 7.75 Å². The molecule has 15 heteroatoms. The molecular formula is C28H29FN3O10P. The van der Waals surface area contributed by atoms with Crippen LogP contribution in [-0.2, 0) is 18.6 Å². The van der Waals surface area contributed by atoms with Gasteiger partial charge in [-0.15, -0.1) is 0 Å². The molecule has 0 saturated carbocycles. The summed E-state index contributed by atoms with van der Waals surface area (Å²) in [6.07, 6.45) is -1.05. The number of carbonyl (C=O) groups excluding carboxylic acids is 1. The predicted octanol–water partition coefficient (Wildman–Crippen LogP) is 2.69. The third kappa shape index (κ3) is 7.61. The van der Waals surface area contributed by atoms with Crippen LogP contribution in [0.5, 0.6) is 5.75 Å². The number of rotatable bonds is 12. The van der Waals surface area contributed by atoms with Crippen molar-refractivity contribution in [3.05, 3.63) is 105 Å². The number of hydrogen-bond donors (Lipinski definition) is 4. The Labute approximate surface area is 244 Å². The summed E-state index contributed by atoms with van der Waals surface area (Å²) in [6, 6.07) is 14.2. The second-order valence-electron chi connectivity index (χ2n) is 9.85. The number of nitrogens with one attached hydrogen (secondary N) is 2. The van der Waals surface area contributed by atoms with E-state index in [2.05, 4.69) is 5.09 Å². The zero-order valence-corrected chi connectivity index (χ0v) is 23.8. The minimum Gasteiger partial charge on any atom is -0.480 e. The molecule has 13 nitrogen and oxygen atoms in total. The number of aliphatic hydroxyl groups excluding tert-OH is 1. The molecule has 0 radical (unpaired) electrons. The van der Waals surface area contributed by atoms with E-state index in [0.717, 1.165) is 29.3 Å². The molecule has 6 atom stereocenters. The lowest BCUT2D eigenvalue weighted by molar-refractivity contribution is -0.138. The average molecular weight is 618 g/mol. The highest BCUT2D eigenvalue weighted by molar-refractivity contribution is 7.52. The van der Waals surface area contributed by atoms with E-state index in [9.17, 15) is 34.0 Å². The highest BCUT2D eigenvalue weighted by Gasteiger charge is 2.55. The van der Waals surface area contributed by atoms with E-state index < -0.39 is 61.7 Å². The van der Waals surface area contributed by atoms with Crippen molar-refractivity contribution in [2.24, 2.45) is 0 Å². The molecule has 1 saturated heterocycles. The number of benzene rings is 2. The van der Waals surface area contributed by atoms with Crippen molar-refractivity contribution in [2.75, 3.05) is 6.61 Å². The quantitative estimate of drug-likeness (QED) is 0.133. The van der Waals surface area contributed by atoms with Gasteiger partial charge in [-0.3, -0.25) is 28.5 Å². The maximum absolute atomic E-state index is 15.5. The van der Waals surface area contributed by atoms with Crippen LogP contribution in [0.25, 0.3) is 6.08 Å². The molecule has 228 valence electrons. The van der Waals surface area contributed by atoms with Crippen LogP contribution in [0.15, 0.2) is 82.5 Å². The van der Waals surface area contributed by atoms with Gasteiger partial charge in [-0.2, -0.15) is 5.09 Å². The number of H-pyrrole nitrogens is 1. The predicted molar refractivity (Wildman–Crippen MR) is 151 cm³/mol. The van der Waals surface area contributed by atoms with E-state index >= 15 is 4.39 Å². The molecule has 0 aliphatic carbocycles. The zero-order valence-electron chi connectivity index (χ0n) is 23.0. The van der Waals surface area contributed by atoms with E-state index in [-0.39, 0.29) is 17.1 Å². The highest BCUT2D eigenvalue weighted by atomic mass is 31.2. The second-order valence-corrected chi connectivity index (χ2v) is 11.5. The number of nitrogens with zero attached hydrogens (tertiary/aromatic N) is 1. The van der Waals surface area contributed by atoms with Crippen molar-refractivity contribution in [1.82, 2.24) is 14.6 Å². The van der Waals surface area contributed by atoms with E-state index in [1.54, 1.807) is 6.08 Å². The monoisotopic (exact) mass is 617 g/mol. The van der Waals surface area contributed by atoms with Gasteiger partial charge in [0.15, 0.2) is 17.7 Å². The van der Waals surface area contributed by atoms with Gasteiger partial charge in [0, 0.05) is 17.8 Å². The number of alkyl halides is 1.